The first-order chi connectivity index (χ1) is 7.35. The van der Waals surface area contributed by atoms with Crippen molar-refractivity contribution in [3.63, 3.8) is 0 Å². The van der Waals surface area contributed by atoms with E-state index in [1.807, 2.05) is 27.1 Å². The van der Waals surface area contributed by atoms with Gasteiger partial charge in [0.05, 0.1) is 5.82 Å². The fraction of sp³-hybridized carbons (Fsp3) is 0.333. The summed E-state index contributed by atoms with van der Waals surface area (Å²) in [6, 6.07) is 6.05. The molecule has 16 heavy (non-hydrogen) atoms. The van der Waals surface area contributed by atoms with Gasteiger partial charge >= 0.3 is 21.8 Å². The van der Waals surface area contributed by atoms with Crippen LogP contribution in [0.2, 0.25) is 0 Å². The van der Waals surface area contributed by atoms with Crippen LogP contribution in [0.25, 0.3) is 0 Å². The molecular formula is C12H15FO2Zn-2. The number of rotatable bonds is 0. The van der Waals surface area contributed by atoms with Gasteiger partial charge in [-0.2, -0.15) is 24.6 Å². The van der Waals surface area contributed by atoms with E-state index in [1.54, 1.807) is 12.1 Å². The molecule has 0 atom stereocenters. The molecule has 0 spiro atoms. The Balaban J connectivity index is 0. The Morgan fingerprint density at radius 3 is 1.69 bits per heavy atom. The van der Waals surface area contributed by atoms with Gasteiger partial charge < -0.3 is 4.79 Å². The molecule has 0 saturated heterocycles. The summed E-state index contributed by atoms with van der Waals surface area (Å²) < 4.78 is 20.4. The minimum absolute atomic E-state index is 0.125. The SMILES string of the molecule is CC(C)(C)[C-]=O.[CH2-]c1ccc(F)cc1.[O]=[Zn]. The fourth-order valence-corrected chi connectivity index (χ4v) is 0.484. The average molecular weight is 276 g/mol. The Labute approximate surface area is 106 Å². The first-order valence-corrected chi connectivity index (χ1v) is 5.82. The maximum absolute atomic E-state index is 12.1. The molecule has 0 aliphatic heterocycles. The van der Waals surface area contributed by atoms with Crippen molar-refractivity contribution in [2.24, 2.45) is 5.41 Å². The topological polar surface area (TPSA) is 34.1 Å². The molecule has 0 unspecified atom stereocenters. The molecule has 4 heteroatoms. The van der Waals surface area contributed by atoms with Crippen LogP contribution in [0.1, 0.15) is 26.3 Å². The van der Waals surface area contributed by atoms with Gasteiger partial charge in [-0.3, -0.25) is 6.29 Å². The first-order valence-electron chi connectivity index (χ1n) is 4.61. The van der Waals surface area contributed by atoms with E-state index in [-0.39, 0.29) is 29.5 Å². The Bertz CT molecular complexity index is 270. The predicted octanol–water partition coefficient (Wildman–Crippen LogP) is 3.03. The summed E-state index contributed by atoms with van der Waals surface area (Å²) in [5.41, 5.74) is 0.575. The van der Waals surface area contributed by atoms with Crippen molar-refractivity contribution in [1.82, 2.24) is 0 Å². The van der Waals surface area contributed by atoms with Crippen molar-refractivity contribution >= 4 is 6.29 Å². The van der Waals surface area contributed by atoms with Gasteiger partial charge in [-0.25, -0.2) is 4.39 Å². The molecule has 0 saturated carbocycles. The van der Waals surface area contributed by atoms with Crippen LogP contribution in [0, 0.1) is 18.2 Å². The standard InChI is InChI=1S/C7H6F.C5H9O.O.Zn/c1-6-2-4-7(8)5-3-6;1-5(2,3)4-6;;/h2-5H,1H2;1-3H3;;/q2*-1;;. The molecule has 0 amide bonds. The van der Waals surface area contributed by atoms with E-state index in [4.69, 9.17) is 3.57 Å². The van der Waals surface area contributed by atoms with Crippen LogP contribution >= 0.6 is 0 Å². The molecule has 0 heterocycles. The molecule has 1 aromatic rings. The van der Waals surface area contributed by atoms with Crippen LogP contribution in [0.15, 0.2) is 24.3 Å². The van der Waals surface area contributed by atoms with E-state index in [2.05, 4.69) is 6.92 Å². The van der Waals surface area contributed by atoms with Crippen LogP contribution in [0.3, 0.4) is 0 Å². The average Bonchev–Trinajstić information content (AvgIpc) is 2.25. The molecule has 86 valence electrons. The van der Waals surface area contributed by atoms with Crippen molar-refractivity contribution in [2.75, 3.05) is 0 Å². The van der Waals surface area contributed by atoms with Gasteiger partial charge in [0.2, 0.25) is 0 Å². The zero-order valence-electron chi connectivity index (χ0n) is 9.92. The summed E-state index contributed by atoms with van der Waals surface area (Å²) >= 11 is 0.125. The summed E-state index contributed by atoms with van der Waals surface area (Å²) in [4.78, 5) is 9.70. The number of benzene rings is 1. The monoisotopic (exact) mass is 274 g/mol. The molecule has 0 aliphatic rings. The number of halogens is 1. The maximum atomic E-state index is 12.1. The van der Waals surface area contributed by atoms with Crippen molar-refractivity contribution in [3.05, 3.63) is 42.6 Å². The summed E-state index contributed by atoms with van der Waals surface area (Å²) in [6.45, 7) is 9.05. The third-order valence-corrected chi connectivity index (χ3v) is 1.22. The summed E-state index contributed by atoms with van der Waals surface area (Å²) in [5, 5.41) is 0. The summed E-state index contributed by atoms with van der Waals surface area (Å²) in [6.07, 6.45) is 1.85. The van der Waals surface area contributed by atoms with Crippen molar-refractivity contribution < 1.29 is 31.0 Å². The van der Waals surface area contributed by atoms with Gasteiger partial charge in [0, 0.05) is 0 Å². The molecule has 2 nitrogen and oxygen atoms in total. The van der Waals surface area contributed by atoms with Gasteiger partial charge in [0.1, 0.15) is 0 Å². The predicted molar refractivity (Wildman–Crippen MR) is 56.7 cm³/mol. The second-order valence-electron chi connectivity index (χ2n) is 3.98. The van der Waals surface area contributed by atoms with Gasteiger partial charge in [-0.05, 0) is 0 Å². The minimum atomic E-state index is -0.264. The van der Waals surface area contributed by atoms with Gasteiger partial charge in [-0.1, -0.05) is 32.9 Å². The van der Waals surface area contributed by atoms with Crippen LogP contribution in [-0.4, -0.2) is 6.29 Å². The van der Waals surface area contributed by atoms with Crippen LogP contribution in [0.5, 0.6) is 0 Å². The zero-order valence-corrected chi connectivity index (χ0v) is 12.9. The molecular weight excluding hydrogens is 261 g/mol. The molecule has 1 rings (SSSR count). The molecule has 0 N–H and O–H groups in total. The van der Waals surface area contributed by atoms with Crippen LogP contribution < -0.4 is 0 Å². The molecule has 0 bridgehead atoms. The first kappa shape index (κ1) is 17.5. The second-order valence-corrected chi connectivity index (χ2v) is 3.98. The number of hydrogen-bond acceptors (Lipinski definition) is 2. The van der Waals surface area contributed by atoms with Gasteiger partial charge in [0.25, 0.3) is 0 Å². The summed E-state index contributed by atoms with van der Waals surface area (Å²) in [5.74, 6) is -0.211. The second kappa shape index (κ2) is 9.35. The van der Waals surface area contributed by atoms with Gasteiger partial charge in [-0.15, -0.1) is 5.41 Å². The molecule has 0 fully saturated rings. The molecule has 0 aromatic heterocycles. The normalized spacial score (nSPS) is 9.12. The van der Waals surface area contributed by atoms with Crippen LogP contribution in [0.4, 0.5) is 4.39 Å². The molecule has 0 aliphatic carbocycles. The van der Waals surface area contributed by atoms with E-state index in [9.17, 15) is 9.18 Å². The van der Waals surface area contributed by atoms with E-state index in [0.29, 0.717) is 0 Å². The number of hydrogen-bond donors (Lipinski definition) is 0. The Hall–Kier alpha value is -0.887. The van der Waals surface area contributed by atoms with E-state index < -0.39 is 0 Å². The van der Waals surface area contributed by atoms with Crippen LogP contribution in [-0.2, 0) is 26.6 Å². The summed E-state index contributed by atoms with van der Waals surface area (Å²) in [7, 11) is 0. The fourth-order valence-electron chi connectivity index (χ4n) is 0.484. The zero-order chi connectivity index (χ0) is 13.2. The van der Waals surface area contributed by atoms with E-state index >= 15 is 0 Å². The Kier molecular flexibility index (Phi) is 10.2. The Morgan fingerprint density at radius 1 is 1.19 bits per heavy atom. The number of carbonyl (C=O) groups excluding carboxylic acids is 1. The third kappa shape index (κ3) is 13.1. The van der Waals surface area contributed by atoms with Gasteiger partial charge in [0.15, 0.2) is 0 Å². The van der Waals surface area contributed by atoms with E-state index in [1.165, 1.54) is 12.1 Å². The van der Waals surface area contributed by atoms with E-state index in [0.717, 1.165) is 5.56 Å². The Morgan fingerprint density at radius 2 is 1.50 bits per heavy atom. The molecule has 0 radical (unpaired) electrons. The molecule has 1 aromatic carbocycles. The van der Waals surface area contributed by atoms with Crippen molar-refractivity contribution in [3.8, 4) is 0 Å². The third-order valence-electron chi connectivity index (χ3n) is 1.22. The van der Waals surface area contributed by atoms with Crippen molar-refractivity contribution in [2.45, 2.75) is 20.8 Å². The quantitative estimate of drug-likeness (QED) is 0.539. The van der Waals surface area contributed by atoms with Crippen molar-refractivity contribution in [1.29, 1.82) is 0 Å².